The van der Waals surface area contributed by atoms with Gasteiger partial charge in [0.1, 0.15) is 0 Å². The third kappa shape index (κ3) is 3.66. The molecule has 0 aliphatic carbocycles. The summed E-state index contributed by atoms with van der Waals surface area (Å²) in [5.74, 6) is -0.168. The number of fused-ring (bicyclic) bond motifs is 3. The molecule has 0 saturated carbocycles. The second-order valence-electron chi connectivity index (χ2n) is 7.23. The molecular formula is C21H22ClN3O3S. The third-order valence-electron chi connectivity index (χ3n) is 5.31. The second kappa shape index (κ2) is 7.48. The zero-order valence-electron chi connectivity index (χ0n) is 16.3. The topological polar surface area (TPSA) is 82.3 Å². The number of nitrogens with one attached hydrogen (secondary N) is 2. The highest BCUT2D eigenvalue weighted by Gasteiger charge is 2.27. The van der Waals surface area contributed by atoms with Crippen LogP contribution in [-0.4, -0.2) is 37.3 Å². The molecule has 6 nitrogen and oxygen atoms in total. The average molecular weight is 432 g/mol. The number of H-pyrrole nitrogens is 1. The molecule has 0 unspecified atom stereocenters. The Labute approximate surface area is 174 Å². The lowest BCUT2D eigenvalue weighted by Gasteiger charge is -2.28. The Bertz CT molecular complexity index is 1220. The molecule has 3 aromatic rings. The number of rotatable bonds is 4. The molecule has 0 bridgehead atoms. The minimum Gasteiger partial charge on any atom is -0.358 e. The van der Waals surface area contributed by atoms with Gasteiger partial charge in [-0.3, -0.25) is 4.79 Å². The van der Waals surface area contributed by atoms with Gasteiger partial charge in [0.05, 0.1) is 4.90 Å². The highest BCUT2D eigenvalue weighted by molar-refractivity contribution is 7.89. The number of nitrogens with zero attached hydrogens (tertiary/aromatic N) is 1. The minimum absolute atomic E-state index is 0.102. The zero-order valence-corrected chi connectivity index (χ0v) is 17.8. The van der Waals surface area contributed by atoms with E-state index in [0.717, 1.165) is 27.7 Å². The standard InChI is InChI=1S/C21H22ClN3O3S/c1-3-23-29(27,28)15-6-4-13(2)16(11-15)21(26)25-9-8-20-18(12-25)17-10-14(22)5-7-19(17)24-20/h4-7,10-11,23-24H,3,8-9,12H2,1-2H3. The molecule has 0 radical (unpaired) electrons. The number of benzene rings is 2. The molecule has 152 valence electrons. The fourth-order valence-corrected chi connectivity index (χ4v) is 5.04. The molecule has 8 heteroatoms. The highest BCUT2D eigenvalue weighted by atomic mass is 35.5. The Morgan fingerprint density at radius 1 is 1.24 bits per heavy atom. The van der Waals surface area contributed by atoms with Crippen molar-refractivity contribution in [3.8, 4) is 0 Å². The first-order valence-electron chi connectivity index (χ1n) is 9.48. The fraction of sp³-hybridized carbons (Fsp3) is 0.286. The molecule has 2 heterocycles. The molecule has 0 fully saturated rings. The van der Waals surface area contributed by atoms with Gasteiger partial charge in [0.15, 0.2) is 0 Å². The van der Waals surface area contributed by atoms with Gasteiger partial charge in [-0.25, -0.2) is 13.1 Å². The predicted octanol–water partition coefficient (Wildman–Crippen LogP) is 3.63. The third-order valence-corrected chi connectivity index (χ3v) is 7.09. The molecule has 1 aliphatic heterocycles. The summed E-state index contributed by atoms with van der Waals surface area (Å²) in [5.41, 5.74) is 4.34. The summed E-state index contributed by atoms with van der Waals surface area (Å²) in [6.45, 7) is 4.85. The minimum atomic E-state index is -3.63. The van der Waals surface area contributed by atoms with Gasteiger partial charge in [-0.05, 0) is 42.8 Å². The maximum absolute atomic E-state index is 13.3. The summed E-state index contributed by atoms with van der Waals surface area (Å²) in [6, 6.07) is 10.4. The van der Waals surface area contributed by atoms with Crippen molar-refractivity contribution in [1.29, 1.82) is 0 Å². The van der Waals surface area contributed by atoms with E-state index >= 15 is 0 Å². The van der Waals surface area contributed by atoms with Crippen molar-refractivity contribution in [1.82, 2.24) is 14.6 Å². The lowest BCUT2D eigenvalue weighted by molar-refractivity contribution is 0.0734. The van der Waals surface area contributed by atoms with Crippen LogP contribution >= 0.6 is 11.6 Å². The van der Waals surface area contributed by atoms with Crippen LogP contribution in [0.5, 0.6) is 0 Å². The van der Waals surface area contributed by atoms with Crippen molar-refractivity contribution in [2.45, 2.75) is 31.7 Å². The molecule has 0 atom stereocenters. The fourth-order valence-electron chi connectivity index (χ4n) is 3.80. The van der Waals surface area contributed by atoms with E-state index in [1.807, 2.05) is 25.1 Å². The number of hydrogen-bond donors (Lipinski definition) is 2. The molecule has 0 saturated heterocycles. The Kier molecular flexibility index (Phi) is 5.14. The molecule has 2 N–H and O–H groups in total. The van der Waals surface area contributed by atoms with E-state index in [-0.39, 0.29) is 17.3 Å². The Morgan fingerprint density at radius 2 is 2.03 bits per heavy atom. The SMILES string of the molecule is CCNS(=O)(=O)c1ccc(C)c(C(=O)N2CCc3[nH]c4ccc(Cl)cc4c3C2)c1. The molecule has 0 spiro atoms. The first kappa shape index (κ1) is 19.9. The number of carbonyl (C=O) groups is 1. The Morgan fingerprint density at radius 3 is 2.79 bits per heavy atom. The number of carbonyl (C=O) groups excluding carboxylic acids is 1. The smallest absolute Gasteiger partial charge is 0.254 e. The molecule has 29 heavy (non-hydrogen) atoms. The van der Waals surface area contributed by atoms with Crippen molar-refractivity contribution in [3.63, 3.8) is 0 Å². The lowest BCUT2D eigenvalue weighted by atomic mass is 10.0. The summed E-state index contributed by atoms with van der Waals surface area (Å²) in [6.07, 6.45) is 0.710. The van der Waals surface area contributed by atoms with Gasteiger partial charge in [-0.15, -0.1) is 0 Å². The summed E-state index contributed by atoms with van der Waals surface area (Å²) in [5, 5.41) is 1.67. The number of sulfonamides is 1. The van der Waals surface area contributed by atoms with Gasteiger partial charge in [-0.1, -0.05) is 24.6 Å². The van der Waals surface area contributed by atoms with Crippen LogP contribution in [0.1, 0.15) is 34.1 Å². The van der Waals surface area contributed by atoms with Crippen molar-refractivity contribution in [2.24, 2.45) is 0 Å². The van der Waals surface area contributed by atoms with Crippen molar-refractivity contribution < 1.29 is 13.2 Å². The molecule has 4 rings (SSSR count). The maximum atomic E-state index is 13.3. The molecule has 1 aromatic heterocycles. The summed E-state index contributed by atoms with van der Waals surface area (Å²) < 4.78 is 27.2. The monoisotopic (exact) mass is 431 g/mol. The maximum Gasteiger partial charge on any atom is 0.254 e. The van der Waals surface area contributed by atoms with Crippen LogP contribution in [0.4, 0.5) is 0 Å². The van der Waals surface area contributed by atoms with E-state index in [9.17, 15) is 13.2 Å². The quantitative estimate of drug-likeness (QED) is 0.661. The number of halogens is 1. The van der Waals surface area contributed by atoms with Gasteiger partial charge < -0.3 is 9.88 Å². The van der Waals surface area contributed by atoms with Crippen molar-refractivity contribution in [2.75, 3.05) is 13.1 Å². The zero-order chi connectivity index (χ0) is 20.8. The highest BCUT2D eigenvalue weighted by Crippen LogP contribution is 2.30. The van der Waals surface area contributed by atoms with Gasteiger partial charge in [0.25, 0.3) is 5.91 Å². The summed E-state index contributed by atoms with van der Waals surface area (Å²) in [7, 11) is -3.63. The van der Waals surface area contributed by atoms with Gasteiger partial charge in [0.2, 0.25) is 10.0 Å². The largest absolute Gasteiger partial charge is 0.358 e. The lowest BCUT2D eigenvalue weighted by Crippen LogP contribution is -2.36. The number of hydrogen-bond acceptors (Lipinski definition) is 3. The van der Waals surface area contributed by atoms with E-state index < -0.39 is 10.0 Å². The van der Waals surface area contributed by atoms with E-state index in [2.05, 4.69) is 9.71 Å². The second-order valence-corrected chi connectivity index (χ2v) is 9.43. The van der Waals surface area contributed by atoms with E-state index in [1.165, 1.54) is 12.1 Å². The molecule has 1 aliphatic rings. The number of amides is 1. The van der Waals surface area contributed by atoms with E-state index in [1.54, 1.807) is 17.9 Å². The van der Waals surface area contributed by atoms with Gasteiger partial charge in [-0.2, -0.15) is 0 Å². The van der Waals surface area contributed by atoms with Crippen LogP contribution in [0, 0.1) is 6.92 Å². The van der Waals surface area contributed by atoms with E-state index in [0.29, 0.717) is 30.1 Å². The average Bonchev–Trinajstić information content (AvgIpc) is 3.04. The number of aromatic nitrogens is 1. The van der Waals surface area contributed by atoms with Crippen LogP contribution in [0.15, 0.2) is 41.3 Å². The van der Waals surface area contributed by atoms with Crippen LogP contribution in [-0.2, 0) is 23.0 Å². The van der Waals surface area contributed by atoms with Crippen LogP contribution in [0.2, 0.25) is 5.02 Å². The van der Waals surface area contributed by atoms with Gasteiger partial charge in [0, 0.05) is 58.8 Å². The van der Waals surface area contributed by atoms with Crippen LogP contribution in [0.25, 0.3) is 10.9 Å². The van der Waals surface area contributed by atoms with Crippen LogP contribution in [0.3, 0.4) is 0 Å². The van der Waals surface area contributed by atoms with Crippen molar-refractivity contribution >= 4 is 38.4 Å². The van der Waals surface area contributed by atoms with Gasteiger partial charge >= 0.3 is 0 Å². The summed E-state index contributed by atoms with van der Waals surface area (Å²) in [4.78, 5) is 18.5. The van der Waals surface area contributed by atoms with Crippen molar-refractivity contribution in [3.05, 3.63) is 63.8 Å². The van der Waals surface area contributed by atoms with E-state index in [4.69, 9.17) is 11.6 Å². The number of aryl methyl sites for hydroxylation is 1. The predicted molar refractivity (Wildman–Crippen MR) is 114 cm³/mol. The number of aromatic amines is 1. The van der Waals surface area contributed by atoms with Crippen LogP contribution < -0.4 is 4.72 Å². The molecule has 1 amide bonds. The first-order chi connectivity index (χ1) is 13.8. The Hall–Kier alpha value is -2.35. The summed E-state index contributed by atoms with van der Waals surface area (Å²) >= 11 is 6.16. The first-order valence-corrected chi connectivity index (χ1v) is 11.3. The Balaban J connectivity index is 1.68. The normalized spacial score (nSPS) is 14.2. The molecule has 2 aromatic carbocycles. The molecular weight excluding hydrogens is 410 g/mol.